The van der Waals surface area contributed by atoms with Crippen LogP contribution >= 0.6 is 0 Å². The standard InChI is InChI=1S/C15H24N4O2/c1-2-3-12(10-16)15(20)18-13-4-5-14(17-11-13)19-6-8-21-9-7-19/h4-5,11-12H,2-3,6-10,16H2,1H3,(H,18,20). The van der Waals surface area contributed by atoms with E-state index < -0.39 is 0 Å². The van der Waals surface area contributed by atoms with Crippen LogP contribution in [0.15, 0.2) is 18.3 Å². The molecule has 116 valence electrons. The Hall–Kier alpha value is -1.66. The van der Waals surface area contributed by atoms with Gasteiger partial charge in [-0.15, -0.1) is 0 Å². The van der Waals surface area contributed by atoms with E-state index in [1.54, 1.807) is 6.20 Å². The lowest BCUT2D eigenvalue weighted by Crippen LogP contribution is -2.36. The number of hydrogen-bond acceptors (Lipinski definition) is 5. The van der Waals surface area contributed by atoms with Crippen LogP contribution in [0.4, 0.5) is 11.5 Å². The first-order valence-electron chi connectivity index (χ1n) is 7.54. The van der Waals surface area contributed by atoms with Crippen molar-refractivity contribution in [1.82, 2.24) is 4.98 Å². The number of rotatable bonds is 6. The topological polar surface area (TPSA) is 80.5 Å². The van der Waals surface area contributed by atoms with Crippen LogP contribution in [0.1, 0.15) is 19.8 Å². The highest BCUT2D eigenvalue weighted by Gasteiger charge is 2.16. The third kappa shape index (κ3) is 4.41. The third-order valence-corrected chi connectivity index (χ3v) is 3.64. The molecule has 6 heteroatoms. The number of anilines is 2. The number of nitrogens with zero attached hydrogens (tertiary/aromatic N) is 2. The monoisotopic (exact) mass is 292 g/mol. The molecular formula is C15H24N4O2. The summed E-state index contributed by atoms with van der Waals surface area (Å²) in [6, 6.07) is 3.81. The maximum Gasteiger partial charge on any atom is 0.228 e. The van der Waals surface area contributed by atoms with E-state index in [0.717, 1.165) is 45.0 Å². The molecule has 2 rings (SSSR count). The molecule has 1 aliphatic rings. The van der Waals surface area contributed by atoms with Gasteiger partial charge in [0.05, 0.1) is 31.0 Å². The summed E-state index contributed by atoms with van der Waals surface area (Å²) in [5.74, 6) is 0.759. The van der Waals surface area contributed by atoms with Crippen molar-refractivity contribution < 1.29 is 9.53 Å². The summed E-state index contributed by atoms with van der Waals surface area (Å²) < 4.78 is 5.32. The van der Waals surface area contributed by atoms with Crippen molar-refractivity contribution in [2.24, 2.45) is 11.7 Å². The molecule has 1 aromatic heterocycles. The second-order valence-electron chi connectivity index (χ2n) is 5.22. The van der Waals surface area contributed by atoms with Gasteiger partial charge in [-0.1, -0.05) is 13.3 Å². The van der Waals surface area contributed by atoms with Crippen LogP contribution in [0.2, 0.25) is 0 Å². The van der Waals surface area contributed by atoms with Crippen molar-refractivity contribution in [3.63, 3.8) is 0 Å². The zero-order valence-corrected chi connectivity index (χ0v) is 12.5. The first kappa shape index (κ1) is 15.7. The highest BCUT2D eigenvalue weighted by atomic mass is 16.5. The van der Waals surface area contributed by atoms with Gasteiger partial charge in [-0.2, -0.15) is 0 Å². The van der Waals surface area contributed by atoms with E-state index in [1.807, 2.05) is 12.1 Å². The lowest BCUT2D eigenvalue weighted by molar-refractivity contribution is -0.119. The SMILES string of the molecule is CCCC(CN)C(=O)Nc1ccc(N2CCOCC2)nc1. The van der Waals surface area contributed by atoms with Crippen LogP contribution in [0.5, 0.6) is 0 Å². The van der Waals surface area contributed by atoms with Gasteiger partial charge in [0.1, 0.15) is 5.82 Å². The zero-order chi connectivity index (χ0) is 15.1. The lowest BCUT2D eigenvalue weighted by Gasteiger charge is -2.27. The Labute approximate surface area is 125 Å². The zero-order valence-electron chi connectivity index (χ0n) is 12.5. The van der Waals surface area contributed by atoms with Crippen LogP contribution in [0, 0.1) is 5.92 Å². The number of nitrogens with two attached hydrogens (primary N) is 1. The Morgan fingerprint density at radius 3 is 2.81 bits per heavy atom. The van der Waals surface area contributed by atoms with Gasteiger partial charge >= 0.3 is 0 Å². The van der Waals surface area contributed by atoms with Gasteiger partial charge < -0.3 is 20.7 Å². The largest absolute Gasteiger partial charge is 0.378 e. The molecule has 21 heavy (non-hydrogen) atoms. The van der Waals surface area contributed by atoms with Crippen LogP contribution < -0.4 is 16.0 Å². The minimum Gasteiger partial charge on any atom is -0.378 e. The Morgan fingerprint density at radius 1 is 1.48 bits per heavy atom. The predicted molar refractivity (Wildman–Crippen MR) is 83.4 cm³/mol. The Morgan fingerprint density at radius 2 is 2.24 bits per heavy atom. The predicted octanol–water partition coefficient (Wildman–Crippen LogP) is 1.23. The van der Waals surface area contributed by atoms with Crippen molar-refractivity contribution in [1.29, 1.82) is 0 Å². The van der Waals surface area contributed by atoms with Crippen LogP contribution in [0.25, 0.3) is 0 Å². The summed E-state index contributed by atoms with van der Waals surface area (Å²) in [7, 11) is 0. The Kier molecular flexibility index (Phi) is 5.95. The van der Waals surface area contributed by atoms with Gasteiger partial charge in [0.2, 0.25) is 5.91 Å². The molecule has 6 nitrogen and oxygen atoms in total. The van der Waals surface area contributed by atoms with E-state index in [9.17, 15) is 4.79 Å². The van der Waals surface area contributed by atoms with Crippen molar-refractivity contribution >= 4 is 17.4 Å². The molecule has 1 atom stereocenters. The van der Waals surface area contributed by atoms with Crippen LogP contribution in [0.3, 0.4) is 0 Å². The average molecular weight is 292 g/mol. The molecule has 0 aliphatic carbocycles. The van der Waals surface area contributed by atoms with Gasteiger partial charge in [-0.25, -0.2) is 4.98 Å². The number of aromatic nitrogens is 1. The van der Waals surface area contributed by atoms with Crippen molar-refractivity contribution in [3.05, 3.63) is 18.3 Å². The first-order valence-corrected chi connectivity index (χ1v) is 7.54. The van der Waals surface area contributed by atoms with Gasteiger partial charge in [0.15, 0.2) is 0 Å². The van der Waals surface area contributed by atoms with E-state index in [2.05, 4.69) is 22.1 Å². The maximum atomic E-state index is 12.1. The number of hydrogen-bond donors (Lipinski definition) is 2. The highest BCUT2D eigenvalue weighted by Crippen LogP contribution is 2.16. The molecule has 1 amide bonds. The van der Waals surface area contributed by atoms with Gasteiger partial charge in [-0.05, 0) is 18.6 Å². The van der Waals surface area contributed by atoms with E-state index in [0.29, 0.717) is 12.2 Å². The minimum atomic E-state index is -0.131. The fraction of sp³-hybridized carbons (Fsp3) is 0.600. The van der Waals surface area contributed by atoms with Crippen LogP contribution in [-0.4, -0.2) is 43.7 Å². The molecule has 1 aliphatic heterocycles. The molecule has 2 heterocycles. The summed E-state index contributed by atoms with van der Waals surface area (Å²) in [5.41, 5.74) is 6.35. The lowest BCUT2D eigenvalue weighted by atomic mass is 10.0. The Balaban J connectivity index is 1.93. The molecule has 0 spiro atoms. The molecule has 1 aromatic rings. The minimum absolute atomic E-state index is 0.0275. The molecular weight excluding hydrogens is 268 g/mol. The molecule has 1 fully saturated rings. The second-order valence-corrected chi connectivity index (χ2v) is 5.22. The number of carbonyl (C=O) groups is 1. The number of nitrogens with one attached hydrogen (secondary N) is 1. The molecule has 3 N–H and O–H groups in total. The van der Waals surface area contributed by atoms with Crippen molar-refractivity contribution in [2.75, 3.05) is 43.1 Å². The number of ether oxygens (including phenoxy) is 1. The van der Waals surface area contributed by atoms with E-state index in [4.69, 9.17) is 10.5 Å². The van der Waals surface area contributed by atoms with Gasteiger partial charge in [-0.3, -0.25) is 4.79 Å². The van der Waals surface area contributed by atoms with Gasteiger partial charge in [0, 0.05) is 19.6 Å². The summed E-state index contributed by atoms with van der Waals surface area (Å²) in [4.78, 5) is 18.7. The molecule has 0 aromatic carbocycles. The summed E-state index contributed by atoms with van der Waals surface area (Å²) in [6.07, 6.45) is 3.45. The van der Waals surface area contributed by atoms with E-state index in [1.165, 1.54) is 0 Å². The van der Waals surface area contributed by atoms with E-state index >= 15 is 0 Å². The fourth-order valence-corrected chi connectivity index (χ4v) is 2.39. The van der Waals surface area contributed by atoms with Crippen LogP contribution in [-0.2, 0) is 9.53 Å². The average Bonchev–Trinajstić information content (AvgIpc) is 2.54. The number of amides is 1. The van der Waals surface area contributed by atoms with Gasteiger partial charge in [0.25, 0.3) is 0 Å². The molecule has 0 bridgehead atoms. The van der Waals surface area contributed by atoms with Crippen molar-refractivity contribution in [3.8, 4) is 0 Å². The summed E-state index contributed by atoms with van der Waals surface area (Å²) >= 11 is 0. The number of pyridine rings is 1. The van der Waals surface area contributed by atoms with Crippen molar-refractivity contribution in [2.45, 2.75) is 19.8 Å². The second kappa shape index (κ2) is 7.95. The molecule has 0 radical (unpaired) electrons. The smallest absolute Gasteiger partial charge is 0.228 e. The fourth-order valence-electron chi connectivity index (χ4n) is 2.39. The Bertz CT molecular complexity index is 443. The summed E-state index contributed by atoms with van der Waals surface area (Å²) in [6.45, 7) is 5.59. The molecule has 0 saturated carbocycles. The first-order chi connectivity index (χ1) is 10.2. The molecule has 1 saturated heterocycles. The highest BCUT2D eigenvalue weighted by molar-refractivity contribution is 5.92. The van der Waals surface area contributed by atoms with E-state index in [-0.39, 0.29) is 11.8 Å². The summed E-state index contributed by atoms with van der Waals surface area (Å²) in [5, 5.41) is 2.88. The number of carbonyl (C=O) groups excluding carboxylic acids is 1. The normalized spacial score (nSPS) is 16.6. The quantitative estimate of drug-likeness (QED) is 0.824. The molecule has 1 unspecified atom stereocenters. The maximum absolute atomic E-state index is 12.1. The number of morpholine rings is 1. The third-order valence-electron chi connectivity index (χ3n) is 3.64.